The molecule has 22 heavy (non-hydrogen) atoms. The summed E-state index contributed by atoms with van der Waals surface area (Å²) in [6.45, 7) is 0.444. The highest BCUT2D eigenvalue weighted by molar-refractivity contribution is 7.14. The van der Waals surface area contributed by atoms with Gasteiger partial charge in [0.25, 0.3) is 5.91 Å². The molecule has 5 nitrogen and oxygen atoms in total. The lowest BCUT2D eigenvalue weighted by molar-refractivity contribution is -0.126. The summed E-state index contributed by atoms with van der Waals surface area (Å²) < 4.78 is 5.57. The molecule has 0 bridgehead atoms. The lowest BCUT2D eigenvalue weighted by atomic mass is 10.2. The Bertz CT molecular complexity index is 676. The Morgan fingerprint density at radius 3 is 3.09 bits per heavy atom. The van der Waals surface area contributed by atoms with E-state index in [4.69, 9.17) is 22.1 Å². The van der Waals surface area contributed by atoms with Crippen LogP contribution in [0, 0.1) is 0 Å². The van der Waals surface area contributed by atoms with Crippen molar-refractivity contribution < 1.29 is 9.53 Å². The molecule has 2 heterocycles. The minimum absolute atomic E-state index is 0.0194. The van der Waals surface area contributed by atoms with Crippen molar-refractivity contribution in [2.45, 2.75) is 25.0 Å². The van der Waals surface area contributed by atoms with E-state index in [1.54, 1.807) is 0 Å². The fourth-order valence-electron chi connectivity index (χ4n) is 2.37. The minimum Gasteiger partial charge on any atom is -0.364 e. The van der Waals surface area contributed by atoms with Crippen LogP contribution in [0.4, 0.5) is 5.13 Å². The maximum atomic E-state index is 12.1. The van der Waals surface area contributed by atoms with Crippen molar-refractivity contribution in [3.05, 3.63) is 34.7 Å². The zero-order valence-corrected chi connectivity index (χ0v) is 13.4. The molecule has 1 aliphatic rings. The van der Waals surface area contributed by atoms with Gasteiger partial charge < -0.3 is 10.5 Å². The number of rotatable bonds is 4. The number of halogens is 1. The Hall–Kier alpha value is -1.47. The van der Waals surface area contributed by atoms with Crippen LogP contribution in [0.25, 0.3) is 11.3 Å². The second-order valence-corrected chi connectivity index (χ2v) is 6.39. The predicted molar refractivity (Wildman–Crippen MR) is 88.1 cm³/mol. The largest absolute Gasteiger partial charge is 0.364 e. The number of nitrogens with zero attached hydrogens (tertiary/aromatic N) is 1. The van der Waals surface area contributed by atoms with Crippen LogP contribution < -0.4 is 11.1 Å². The number of nitrogens with two attached hydrogens (primary N) is 1. The topological polar surface area (TPSA) is 77.2 Å². The average molecular weight is 338 g/mol. The molecular weight excluding hydrogens is 322 g/mol. The van der Waals surface area contributed by atoms with Crippen LogP contribution in [0.1, 0.15) is 12.8 Å². The summed E-state index contributed by atoms with van der Waals surface area (Å²) >= 11 is 7.36. The van der Waals surface area contributed by atoms with E-state index in [9.17, 15) is 4.79 Å². The molecule has 1 aromatic heterocycles. The van der Waals surface area contributed by atoms with Crippen molar-refractivity contribution in [3.8, 4) is 11.3 Å². The summed E-state index contributed by atoms with van der Waals surface area (Å²) in [6, 6.07) is 7.45. The van der Waals surface area contributed by atoms with Gasteiger partial charge in [-0.2, -0.15) is 0 Å². The van der Waals surface area contributed by atoms with Crippen LogP contribution in [-0.4, -0.2) is 29.6 Å². The first-order valence-electron chi connectivity index (χ1n) is 7.03. The number of aromatic nitrogens is 1. The van der Waals surface area contributed by atoms with Gasteiger partial charge in [-0.25, -0.2) is 4.98 Å². The van der Waals surface area contributed by atoms with E-state index >= 15 is 0 Å². The highest BCUT2D eigenvalue weighted by atomic mass is 35.5. The Morgan fingerprint density at radius 2 is 2.36 bits per heavy atom. The van der Waals surface area contributed by atoms with Gasteiger partial charge in [-0.05, 0) is 25.0 Å². The summed E-state index contributed by atoms with van der Waals surface area (Å²) in [5.74, 6) is -0.164. The van der Waals surface area contributed by atoms with E-state index in [0.29, 0.717) is 23.1 Å². The van der Waals surface area contributed by atoms with Crippen LogP contribution in [0.15, 0.2) is 29.6 Å². The van der Waals surface area contributed by atoms with E-state index in [1.807, 2.05) is 29.6 Å². The Morgan fingerprint density at radius 1 is 1.50 bits per heavy atom. The SMILES string of the molecule is NC[C@H]1CC[C@@H](C(=O)Nc2nc(-c3cccc(Cl)c3)cs2)O1. The molecule has 0 radical (unpaired) electrons. The second-order valence-electron chi connectivity index (χ2n) is 5.10. The summed E-state index contributed by atoms with van der Waals surface area (Å²) in [6.07, 6.45) is 1.06. The molecular formula is C15H16ClN3O2S. The smallest absolute Gasteiger partial charge is 0.255 e. The normalized spacial score (nSPS) is 21.0. The molecule has 3 N–H and O–H groups in total. The molecule has 0 aliphatic carbocycles. The fraction of sp³-hybridized carbons (Fsp3) is 0.333. The number of carbonyl (C=O) groups is 1. The first-order chi connectivity index (χ1) is 10.7. The molecule has 1 saturated heterocycles. The zero-order valence-electron chi connectivity index (χ0n) is 11.8. The van der Waals surface area contributed by atoms with Crippen molar-refractivity contribution in [1.29, 1.82) is 0 Å². The molecule has 1 fully saturated rings. The van der Waals surface area contributed by atoms with Crippen LogP contribution in [0.3, 0.4) is 0 Å². The summed E-state index contributed by atoms with van der Waals surface area (Å²) in [5, 5.41) is 5.90. The summed E-state index contributed by atoms with van der Waals surface area (Å²) in [7, 11) is 0. The number of anilines is 1. The van der Waals surface area contributed by atoms with Crippen LogP contribution >= 0.6 is 22.9 Å². The van der Waals surface area contributed by atoms with Gasteiger partial charge in [-0.1, -0.05) is 23.7 Å². The van der Waals surface area contributed by atoms with Gasteiger partial charge in [0.15, 0.2) is 5.13 Å². The number of hydrogen-bond donors (Lipinski definition) is 2. The standard InChI is InChI=1S/C15H16ClN3O2S/c16-10-3-1-2-9(6-10)12-8-22-15(18-12)19-14(20)13-5-4-11(7-17)21-13/h1-3,6,8,11,13H,4-5,7,17H2,(H,18,19,20)/t11-,13+/m1/s1. The van der Waals surface area contributed by atoms with Gasteiger partial charge in [-0.3, -0.25) is 10.1 Å². The number of carbonyl (C=O) groups excluding carboxylic acids is 1. The fourth-order valence-corrected chi connectivity index (χ4v) is 3.28. The van der Waals surface area contributed by atoms with Crippen LogP contribution in [-0.2, 0) is 9.53 Å². The van der Waals surface area contributed by atoms with Crippen molar-refractivity contribution in [2.24, 2.45) is 5.73 Å². The van der Waals surface area contributed by atoms with Crippen molar-refractivity contribution in [1.82, 2.24) is 4.98 Å². The van der Waals surface area contributed by atoms with Crippen LogP contribution in [0.2, 0.25) is 5.02 Å². The van der Waals surface area contributed by atoms with Gasteiger partial charge >= 0.3 is 0 Å². The summed E-state index contributed by atoms with van der Waals surface area (Å²) in [4.78, 5) is 16.6. The highest BCUT2D eigenvalue weighted by Gasteiger charge is 2.30. The highest BCUT2D eigenvalue weighted by Crippen LogP contribution is 2.27. The molecule has 0 unspecified atom stereocenters. The molecule has 116 valence electrons. The second kappa shape index (κ2) is 6.75. The maximum Gasteiger partial charge on any atom is 0.255 e. The lowest BCUT2D eigenvalue weighted by Gasteiger charge is -2.11. The number of hydrogen-bond acceptors (Lipinski definition) is 5. The number of thiazole rings is 1. The Kier molecular flexibility index (Phi) is 4.73. The van der Waals surface area contributed by atoms with Gasteiger partial charge in [0.2, 0.25) is 0 Å². The number of ether oxygens (including phenoxy) is 1. The van der Waals surface area contributed by atoms with Crippen molar-refractivity contribution in [3.63, 3.8) is 0 Å². The van der Waals surface area contributed by atoms with E-state index in [2.05, 4.69) is 10.3 Å². The summed E-state index contributed by atoms with van der Waals surface area (Å²) in [5.41, 5.74) is 7.26. The third-order valence-corrected chi connectivity index (χ3v) is 4.51. The predicted octanol–water partition coefficient (Wildman–Crippen LogP) is 2.91. The molecule has 0 spiro atoms. The molecule has 7 heteroatoms. The van der Waals surface area contributed by atoms with Crippen molar-refractivity contribution in [2.75, 3.05) is 11.9 Å². The molecule has 1 amide bonds. The number of benzene rings is 1. The molecule has 1 aliphatic heterocycles. The van der Waals surface area contributed by atoms with Gasteiger partial charge in [0.1, 0.15) is 6.10 Å². The van der Waals surface area contributed by atoms with E-state index in [-0.39, 0.29) is 12.0 Å². The quantitative estimate of drug-likeness (QED) is 0.899. The number of amides is 1. The van der Waals surface area contributed by atoms with E-state index in [0.717, 1.165) is 17.7 Å². The molecule has 2 aromatic rings. The van der Waals surface area contributed by atoms with Crippen molar-refractivity contribution >= 4 is 34.0 Å². The molecule has 2 atom stereocenters. The monoisotopic (exact) mass is 337 g/mol. The van der Waals surface area contributed by atoms with Gasteiger partial charge in [0.05, 0.1) is 11.8 Å². The Labute approximate surface area is 137 Å². The average Bonchev–Trinajstić information content (AvgIpc) is 3.16. The maximum absolute atomic E-state index is 12.1. The Balaban J connectivity index is 1.66. The molecule has 1 aromatic carbocycles. The molecule has 0 saturated carbocycles. The third-order valence-electron chi connectivity index (χ3n) is 3.52. The van der Waals surface area contributed by atoms with Gasteiger partial charge in [0, 0.05) is 22.5 Å². The van der Waals surface area contributed by atoms with Crippen LogP contribution in [0.5, 0.6) is 0 Å². The first kappa shape index (κ1) is 15.4. The number of nitrogens with one attached hydrogen (secondary N) is 1. The van der Waals surface area contributed by atoms with Gasteiger partial charge in [-0.15, -0.1) is 11.3 Å². The first-order valence-corrected chi connectivity index (χ1v) is 8.29. The minimum atomic E-state index is -0.438. The zero-order chi connectivity index (χ0) is 15.5. The van der Waals surface area contributed by atoms with E-state index < -0.39 is 6.10 Å². The lowest BCUT2D eigenvalue weighted by Crippen LogP contribution is -2.29. The third kappa shape index (κ3) is 3.47. The molecule has 3 rings (SSSR count). The van der Waals surface area contributed by atoms with E-state index in [1.165, 1.54) is 11.3 Å².